The number of nitrogens with two attached hydrogens (primary N) is 1. The zero-order valence-corrected chi connectivity index (χ0v) is 23.0. The Morgan fingerprint density at radius 1 is 0.974 bits per heavy atom. The first kappa shape index (κ1) is 27.2. The highest BCUT2D eigenvalue weighted by molar-refractivity contribution is 7.94. The molecule has 0 aliphatic carbocycles. The fraction of sp³-hybridized carbons (Fsp3) is 0.280. The van der Waals surface area contributed by atoms with Crippen LogP contribution >= 0.6 is 11.3 Å². The van der Waals surface area contributed by atoms with Gasteiger partial charge in [-0.05, 0) is 35.7 Å². The Morgan fingerprint density at radius 2 is 1.68 bits per heavy atom. The van der Waals surface area contributed by atoms with Crippen molar-refractivity contribution in [2.45, 2.75) is 30.4 Å². The molecule has 0 fully saturated rings. The Morgan fingerprint density at radius 3 is 2.32 bits per heavy atom. The smallest absolute Gasteiger partial charge is 0.272 e. The van der Waals surface area contributed by atoms with Gasteiger partial charge in [-0.15, -0.1) is 11.3 Å². The summed E-state index contributed by atoms with van der Waals surface area (Å²) in [6, 6.07) is 11.9. The van der Waals surface area contributed by atoms with E-state index in [1.807, 2.05) is 20.8 Å². The average Bonchev–Trinajstić information content (AvgIpc) is 3.42. The molecular weight excluding hydrogens is 528 g/mol. The zero-order chi connectivity index (χ0) is 27.3. The van der Waals surface area contributed by atoms with Crippen LogP contribution in [-0.2, 0) is 15.4 Å². The Kier molecular flexibility index (Phi) is 8.09. The Hall–Kier alpha value is -3.81. The molecule has 0 aliphatic rings. The van der Waals surface area contributed by atoms with E-state index in [0.717, 1.165) is 4.88 Å². The molecule has 1 aromatic carbocycles. The van der Waals surface area contributed by atoms with Crippen molar-refractivity contribution in [2.75, 3.05) is 25.0 Å². The molecule has 0 unspecified atom stereocenters. The second kappa shape index (κ2) is 11.3. The number of hydrogen-bond acceptors (Lipinski definition) is 11. The van der Waals surface area contributed by atoms with Gasteiger partial charge in [-0.25, -0.2) is 23.4 Å². The van der Waals surface area contributed by atoms with Gasteiger partial charge in [-0.3, -0.25) is 4.72 Å². The maximum absolute atomic E-state index is 13.5. The highest BCUT2D eigenvalue weighted by Crippen LogP contribution is 2.42. The molecule has 0 atom stereocenters. The molecule has 4 rings (SSSR count). The van der Waals surface area contributed by atoms with Crippen LogP contribution in [0, 0.1) is 0 Å². The van der Waals surface area contributed by atoms with Crippen molar-refractivity contribution in [1.82, 2.24) is 19.9 Å². The van der Waals surface area contributed by atoms with Crippen LogP contribution in [-0.4, -0.2) is 48.6 Å². The van der Waals surface area contributed by atoms with Crippen LogP contribution in [0.3, 0.4) is 0 Å². The van der Waals surface area contributed by atoms with Gasteiger partial charge in [0.25, 0.3) is 15.9 Å². The largest absolute Gasteiger partial charge is 0.493 e. The van der Waals surface area contributed by atoms with Gasteiger partial charge in [0.15, 0.2) is 23.1 Å². The van der Waals surface area contributed by atoms with Crippen molar-refractivity contribution in [1.29, 1.82) is 0 Å². The van der Waals surface area contributed by atoms with E-state index in [0.29, 0.717) is 11.5 Å². The van der Waals surface area contributed by atoms with E-state index >= 15 is 0 Å². The summed E-state index contributed by atoms with van der Waals surface area (Å²) in [7, 11) is -2.58. The molecular formula is C25H28N6O5S2. The number of aromatic nitrogens is 4. The molecule has 38 heavy (non-hydrogen) atoms. The summed E-state index contributed by atoms with van der Waals surface area (Å²) in [5, 5.41) is 0. The Bertz CT molecular complexity index is 1500. The molecule has 11 nitrogen and oxygen atoms in total. The summed E-state index contributed by atoms with van der Waals surface area (Å²) < 4.78 is 47.0. The second-order valence-corrected chi connectivity index (χ2v) is 12.0. The first-order valence-corrected chi connectivity index (χ1v) is 13.9. The summed E-state index contributed by atoms with van der Waals surface area (Å²) >= 11 is 1.17. The molecule has 0 spiro atoms. The minimum Gasteiger partial charge on any atom is -0.493 e. The summed E-state index contributed by atoms with van der Waals surface area (Å²) in [5.74, 6) is 0.633. The summed E-state index contributed by atoms with van der Waals surface area (Å²) in [5.41, 5.74) is 5.45. The first-order chi connectivity index (χ1) is 18.1. The van der Waals surface area contributed by atoms with E-state index in [-0.39, 0.29) is 51.9 Å². The number of nitrogens with one attached hydrogen (secondary N) is 1. The third kappa shape index (κ3) is 6.18. The lowest BCUT2D eigenvalue weighted by Crippen LogP contribution is -2.17. The lowest BCUT2D eigenvalue weighted by atomic mass is 9.95. The molecule has 3 heterocycles. The SMILES string of the molecule is COc1ccccc1Oc1c(NS(=O)(=O)c2ccc(C(C)(C)C)s2)nc(-c2ncccn2)nc1OCCN. The number of thiophene rings is 1. The quantitative estimate of drug-likeness (QED) is 0.290. The lowest BCUT2D eigenvalue weighted by Gasteiger charge is -2.18. The fourth-order valence-electron chi connectivity index (χ4n) is 3.22. The molecule has 0 saturated heterocycles. The normalized spacial score (nSPS) is 11.7. The topological polar surface area (TPSA) is 151 Å². The zero-order valence-electron chi connectivity index (χ0n) is 21.3. The minimum absolute atomic E-state index is 0.0317. The molecule has 0 aliphatic heterocycles. The predicted octanol–water partition coefficient (Wildman–Crippen LogP) is 4.23. The maximum Gasteiger partial charge on any atom is 0.272 e. The number of nitrogens with zero attached hydrogens (tertiary/aromatic N) is 4. The second-order valence-electron chi connectivity index (χ2n) is 8.97. The number of benzene rings is 1. The van der Waals surface area contributed by atoms with Gasteiger partial charge in [0.2, 0.25) is 11.6 Å². The van der Waals surface area contributed by atoms with Crippen molar-refractivity contribution in [3.05, 3.63) is 59.7 Å². The maximum atomic E-state index is 13.5. The van der Waals surface area contributed by atoms with Crippen LogP contribution < -0.4 is 24.7 Å². The van der Waals surface area contributed by atoms with Gasteiger partial charge in [0.05, 0.1) is 7.11 Å². The standard InChI is InChI=1S/C25H28N6O5S2/c1-25(2,3)18-10-11-19(37-18)38(32,33)31-21-20(36-17-9-6-5-8-16(17)34-4)24(35-15-12-26)30-23(29-21)22-27-13-7-14-28-22/h5-11,13-14H,12,15,26H2,1-4H3,(H,29,30,31). The lowest BCUT2D eigenvalue weighted by molar-refractivity contribution is 0.296. The van der Waals surface area contributed by atoms with Gasteiger partial charge in [0.1, 0.15) is 10.8 Å². The highest BCUT2D eigenvalue weighted by Gasteiger charge is 2.28. The van der Waals surface area contributed by atoms with E-state index < -0.39 is 10.0 Å². The highest BCUT2D eigenvalue weighted by atomic mass is 32.2. The van der Waals surface area contributed by atoms with E-state index in [1.54, 1.807) is 42.5 Å². The number of hydrogen-bond donors (Lipinski definition) is 2. The minimum atomic E-state index is -4.07. The van der Waals surface area contributed by atoms with E-state index in [1.165, 1.54) is 30.8 Å². The van der Waals surface area contributed by atoms with E-state index in [2.05, 4.69) is 24.7 Å². The van der Waals surface area contributed by atoms with Crippen molar-refractivity contribution in [3.8, 4) is 34.8 Å². The summed E-state index contributed by atoms with van der Waals surface area (Å²) in [6.07, 6.45) is 3.05. The van der Waals surface area contributed by atoms with Crippen molar-refractivity contribution in [2.24, 2.45) is 5.73 Å². The number of methoxy groups -OCH3 is 1. The molecule has 4 aromatic rings. The molecule has 0 bridgehead atoms. The number of para-hydroxylation sites is 2. The molecule has 3 aromatic heterocycles. The Balaban J connectivity index is 1.87. The Labute approximate surface area is 225 Å². The third-order valence-corrected chi connectivity index (χ3v) is 8.40. The number of ether oxygens (including phenoxy) is 3. The number of sulfonamides is 1. The average molecular weight is 557 g/mol. The van der Waals surface area contributed by atoms with Gasteiger partial charge < -0.3 is 19.9 Å². The van der Waals surface area contributed by atoms with Crippen LogP contribution in [0.1, 0.15) is 25.6 Å². The number of rotatable bonds is 10. The van der Waals surface area contributed by atoms with E-state index in [4.69, 9.17) is 19.9 Å². The van der Waals surface area contributed by atoms with Crippen LogP contribution in [0.4, 0.5) is 5.82 Å². The predicted molar refractivity (Wildman–Crippen MR) is 145 cm³/mol. The van der Waals surface area contributed by atoms with Crippen LogP contribution in [0.15, 0.2) is 59.1 Å². The molecule has 0 amide bonds. The molecule has 0 saturated carbocycles. The van der Waals surface area contributed by atoms with Crippen molar-refractivity contribution < 1.29 is 22.6 Å². The monoisotopic (exact) mass is 556 g/mol. The first-order valence-electron chi connectivity index (χ1n) is 11.6. The molecule has 13 heteroatoms. The van der Waals surface area contributed by atoms with Crippen LogP contribution in [0.2, 0.25) is 0 Å². The molecule has 3 N–H and O–H groups in total. The third-order valence-electron chi connectivity index (χ3n) is 5.05. The summed E-state index contributed by atoms with van der Waals surface area (Å²) in [6.45, 7) is 6.31. The van der Waals surface area contributed by atoms with Gasteiger partial charge in [-0.2, -0.15) is 4.98 Å². The molecule has 200 valence electrons. The van der Waals surface area contributed by atoms with Crippen LogP contribution in [0.25, 0.3) is 11.6 Å². The van der Waals surface area contributed by atoms with Crippen molar-refractivity contribution >= 4 is 27.2 Å². The van der Waals surface area contributed by atoms with Gasteiger partial charge >= 0.3 is 0 Å². The van der Waals surface area contributed by atoms with E-state index in [9.17, 15) is 8.42 Å². The summed E-state index contributed by atoms with van der Waals surface area (Å²) in [4.78, 5) is 18.1. The van der Waals surface area contributed by atoms with Crippen LogP contribution in [0.5, 0.6) is 23.1 Å². The molecule has 0 radical (unpaired) electrons. The van der Waals surface area contributed by atoms with Crippen molar-refractivity contribution in [3.63, 3.8) is 0 Å². The van der Waals surface area contributed by atoms with Gasteiger partial charge in [-0.1, -0.05) is 32.9 Å². The van der Waals surface area contributed by atoms with Gasteiger partial charge in [0, 0.05) is 23.8 Å². The number of anilines is 1. The fourth-order valence-corrected chi connectivity index (χ4v) is 5.59.